The molecule has 0 atom stereocenters. The summed E-state index contributed by atoms with van der Waals surface area (Å²) in [6.07, 6.45) is 0. The van der Waals surface area contributed by atoms with Gasteiger partial charge in [0.1, 0.15) is 5.56 Å². The maximum Gasteiger partial charge on any atom is 0.342 e. The number of amides is 1. The first-order chi connectivity index (χ1) is 12.4. The van der Waals surface area contributed by atoms with E-state index in [1.54, 1.807) is 11.0 Å². The van der Waals surface area contributed by atoms with Crippen LogP contribution in [0.15, 0.2) is 48.5 Å². The van der Waals surface area contributed by atoms with Gasteiger partial charge in [0.05, 0.1) is 7.11 Å². The molecule has 2 aromatic rings. The summed E-state index contributed by atoms with van der Waals surface area (Å²) in [5.41, 5.74) is 0.947. The van der Waals surface area contributed by atoms with Crippen LogP contribution in [0.25, 0.3) is 0 Å². The van der Waals surface area contributed by atoms with E-state index in [2.05, 4.69) is 0 Å². The Morgan fingerprint density at radius 2 is 1.77 bits per heavy atom. The Kier molecular flexibility index (Phi) is 6.60. The second-order valence-electron chi connectivity index (χ2n) is 6.03. The van der Waals surface area contributed by atoms with E-state index in [9.17, 15) is 14.7 Å². The molecule has 0 heterocycles. The van der Waals surface area contributed by atoms with Gasteiger partial charge >= 0.3 is 5.97 Å². The van der Waals surface area contributed by atoms with Crippen molar-refractivity contribution in [3.8, 4) is 11.5 Å². The zero-order chi connectivity index (χ0) is 19.1. The van der Waals surface area contributed by atoms with Crippen molar-refractivity contribution in [1.82, 2.24) is 4.90 Å². The predicted octanol–water partition coefficient (Wildman–Crippen LogP) is 2.99. The molecule has 0 saturated heterocycles. The molecule has 26 heavy (non-hydrogen) atoms. The molecule has 0 radical (unpaired) electrons. The summed E-state index contributed by atoms with van der Waals surface area (Å²) in [4.78, 5) is 26.3. The first-order valence-corrected chi connectivity index (χ1v) is 8.30. The molecule has 0 unspecified atom stereocenters. The molecule has 2 aromatic carbocycles. The van der Waals surface area contributed by atoms with Crippen LogP contribution in [-0.2, 0) is 16.1 Å². The van der Waals surface area contributed by atoms with Crippen molar-refractivity contribution in [1.29, 1.82) is 0 Å². The van der Waals surface area contributed by atoms with E-state index in [0.717, 1.165) is 5.56 Å². The number of carbonyl (C=O) groups is 2. The summed E-state index contributed by atoms with van der Waals surface area (Å²) in [7, 11) is 1.39. The van der Waals surface area contributed by atoms with Gasteiger partial charge in [0, 0.05) is 12.6 Å². The molecule has 6 heteroatoms. The van der Waals surface area contributed by atoms with Crippen LogP contribution in [0.3, 0.4) is 0 Å². The highest BCUT2D eigenvalue weighted by Gasteiger charge is 2.21. The number of esters is 1. The maximum absolute atomic E-state index is 12.5. The van der Waals surface area contributed by atoms with E-state index in [-0.39, 0.29) is 29.0 Å². The molecule has 0 fully saturated rings. The van der Waals surface area contributed by atoms with Crippen LogP contribution in [0.2, 0.25) is 0 Å². The third-order valence-corrected chi connectivity index (χ3v) is 3.91. The van der Waals surface area contributed by atoms with Crippen LogP contribution < -0.4 is 4.74 Å². The summed E-state index contributed by atoms with van der Waals surface area (Å²) in [6, 6.07) is 14.0. The zero-order valence-corrected chi connectivity index (χ0v) is 15.1. The highest BCUT2D eigenvalue weighted by molar-refractivity contribution is 5.94. The number of para-hydroxylation sites is 1. The second-order valence-corrected chi connectivity index (χ2v) is 6.03. The number of nitrogens with zero attached hydrogens (tertiary/aromatic N) is 1. The van der Waals surface area contributed by atoms with Crippen molar-refractivity contribution >= 4 is 11.9 Å². The van der Waals surface area contributed by atoms with E-state index in [0.29, 0.717) is 6.54 Å². The van der Waals surface area contributed by atoms with Crippen molar-refractivity contribution < 1.29 is 24.2 Å². The molecule has 6 nitrogen and oxygen atoms in total. The minimum absolute atomic E-state index is 0.0451. The second kappa shape index (κ2) is 8.89. The average Bonchev–Trinajstić information content (AvgIpc) is 2.64. The van der Waals surface area contributed by atoms with Crippen molar-refractivity contribution in [2.24, 2.45) is 0 Å². The van der Waals surface area contributed by atoms with E-state index in [1.165, 1.54) is 19.2 Å². The number of methoxy groups -OCH3 is 1. The molecule has 0 aliphatic carbocycles. The smallest absolute Gasteiger partial charge is 0.342 e. The summed E-state index contributed by atoms with van der Waals surface area (Å²) in [6.45, 7) is 3.83. The molecule has 0 aliphatic heterocycles. The van der Waals surface area contributed by atoms with Crippen molar-refractivity contribution in [2.75, 3.05) is 13.7 Å². The van der Waals surface area contributed by atoms with E-state index in [1.807, 2.05) is 44.2 Å². The van der Waals surface area contributed by atoms with Crippen LogP contribution in [0, 0.1) is 0 Å². The number of benzene rings is 2. The molecule has 0 bridgehead atoms. The fraction of sp³-hybridized carbons (Fsp3) is 0.300. The Morgan fingerprint density at radius 3 is 2.38 bits per heavy atom. The monoisotopic (exact) mass is 357 g/mol. The van der Waals surface area contributed by atoms with Gasteiger partial charge in [-0.25, -0.2) is 4.79 Å². The Labute approximate surface area is 153 Å². The van der Waals surface area contributed by atoms with Gasteiger partial charge in [-0.3, -0.25) is 4.79 Å². The third-order valence-electron chi connectivity index (χ3n) is 3.91. The first kappa shape index (κ1) is 19.3. The van der Waals surface area contributed by atoms with Crippen LogP contribution in [0.4, 0.5) is 0 Å². The number of aromatic hydroxyl groups is 1. The van der Waals surface area contributed by atoms with Gasteiger partial charge in [-0.05, 0) is 31.5 Å². The highest BCUT2D eigenvalue weighted by atomic mass is 16.5. The molecule has 1 amide bonds. The number of carbonyl (C=O) groups excluding carboxylic acids is 2. The van der Waals surface area contributed by atoms with Gasteiger partial charge in [0.15, 0.2) is 18.1 Å². The molecule has 0 aliphatic rings. The Hall–Kier alpha value is -3.02. The number of rotatable bonds is 7. The van der Waals surface area contributed by atoms with Crippen molar-refractivity contribution in [2.45, 2.75) is 26.4 Å². The molecule has 0 spiro atoms. The molecular weight excluding hydrogens is 334 g/mol. The van der Waals surface area contributed by atoms with E-state index < -0.39 is 12.6 Å². The van der Waals surface area contributed by atoms with E-state index in [4.69, 9.17) is 9.47 Å². The molecular formula is C20H23NO5. The van der Waals surface area contributed by atoms with Gasteiger partial charge < -0.3 is 19.5 Å². The molecule has 2 rings (SSSR count). The lowest BCUT2D eigenvalue weighted by molar-refractivity contribution is -0.136. The number of phenolic OH excluding ortho intramolecular Hbond substituents is 1. The van der Waals surface area contributed by atoms with Gasteiger partial charge in [0.2, 0.25) is 0 Å². The Balaban J connectivity index is 2.02. The fourth-order valence-corrected chi connectivity index (χ4v) is 2.48. The van der Waals surface area contributed by atoms with Gasteiger partial charge in [-0.2, -0.15) is 0 Å². The van der Waals surface area contributed by atoms with Gasteiger partial charge in [-0.1, -0.05) is 36.4 Å². The quantitative estimate of drug-likeness (QED) is 0.771. The van der Waals surface area contributed by atoms with Crippen molar-refractivity contribution in [3.05, 3.63) is 59.7 Å². The molecule has 0 aromatic heterocycles. The van der Waals surface area contributed by atoms with Crippen molar-refractivity contribution in [3.63, 3.8) is 0 Å². The summed E-state index contributed by atoms with van der Waals surface area (Å²) in [5, 5.41) is 10.00. The lowest BCUT2D eigenvalue weighted by atomic mass is 10.2. The molecule has 0 saturated carbocycles. The number of ether oxygens (including phenoxy) is 2. The normalized spacial score (nSPS) is 10.5. The lowest BCUT2D eigenvalue weighted by Gasteiger charge is -2.26. The summed E-state index contributed by atoms with van der Waals surface area (Å²) >= 11 is 0. The Morgan fingerprint density at radius 1 is 1.08 bits per heavy atom. The van der Waals surface area contributed by atoms with Crippen LogP contribution in [0.5, 0.6) is 11.5 Å². The fourth-order valence-electron chi connectivity index (χ4n) is 2.48. The molecule has 1 N–H and O–H groups in total. The largest absolute Gasteiger partial charge is 0.504 e. The number of hydrogen-bond donors (Lipinski definition) is 1. The molecule has 138 valence electrons. The highest BCUT2D eigenvalue weighted by Crippen LogP contribution is 2.29. The Bertz CT molecular complexity index is 758. The average molecular weight is 357 g/mol. The first-order valence-electron chi connectivity index (χ1n) is 8.30. The van der Waals surface area contributed by atoms with Crippen LogP contribution >= 0.6 is 0 Å². The number of phenols is 1. The minimum Gasteiger partial charge on any atom is -0.504 e. The SMILES string of the molecule is COc1cccc(C(=O)OCC(=O)N(Cc2ccccc2)C(C)C)c1O. The topological polar surface area (TPSA) is 76.1 Å². The zero-order valence-electron chi connectivity index (χ0n) is 15.1. The van der Waals surface area contributed by atoms with Gasteiger partial charge in [0.25, 0.3) is 5.91 Å². The van der Waals surface area contributed by atoms with Gasteiger partial charge in [-0.15, -0.1) is 0 Å². The number of hydrogen-bond acceptors (Lipinski definition) is 5. The minimum atomic E-state index is -0.779. The maximum atomic E-state index is 12.5. The third kappa shape index (κ3) is 4.75. The van der Waals surface area contributed by atoms with E-state index >= 15 is 0 Å². The summed E-state index contributed by atoms with van der Waals surface area (Å²) < 4.78 is 10.1. The standard InChI is InChI=1S/C20H23NO5/c1-14(2)21(12-15-8-5-4-6-9-15)18(22)13-26-20(24)16-10-7-11-17(25-3)19(16)23/h4-11,14,23H,12-13H2,1-3H3. The van der Waals surface area contributed by atoms with Crippen LogP contribution in [0.1, 0.15) is 29.8 Å². The summed E-state index contributed by atoms with van der Waals surface area (Å²) in [5.74, 6) is -1.23. The predicted molar refractivity (Wildman–Crippen MR) is 97.1 cm³/mol. The lowest BCUT2D eigenvalue weighted by Crippen LogP contribution is -2.39. The van der Waals surface area contributed by atoms with Crippen LogP contribution in [-0.4, -0.2) is 41.6 Å².